The molecule has 2 amide bonds. The Morgan fingerprint density at radius 2 is 2.24 bits per heavy atom. The van der Waals surface area contributed by atoms with Crippen molar-refractivity contribution < 1.29 is 9.53 Å². The average molecular weight is 303 g/mol. The third-order valence-electron chi connectivity index (χ3n) is 3.41. The Morgan fingerprint density at radius 3 is 3.00 bits per heavy atom. The maximum atomic E-state index is 12.0. The Morgan fingerprint density at radius 1 is 1.43 bits per heavy atom. The summed E-state index contributed by atoms with van der Waals surface area (Å²) in [5.74, 6) is 0.844. The number of ether oxygens (including phenoxy) is 1. The van der Waals surface area contributed by atoms with Crippen LogP contribution in [-0.2, 0) is 6.54 Å². The standard InChI is InChI=1S/C15H17N3O2S/c1-9-14(21-10(2)17-9)7-16-15(19)18-12-8-20-13-6-4-3-5-11(12)13/h3-6,12H,7-8H2,1-2H3,(H2,16,18,19)/t12-/m1/s1. The quantitative estimate of drug-likeness (QED) is 0.916. The van der Waals surface area contributed by atoms with Crippen molar-refractivity contribution in [2.45, 2.75) is 26.4 Å². The fourth-order valence-electron chi connectivity index (χ4n) is 2.39. The number of hydrogen-bond acceptors (Lipinski definition) is 4. The second kappa shape index (κ2) is 5.73. The van der Waals surface area contributed by atoms with Gasteiger partial charge in [-0.15, -0.1) is 11.3 Å². The van der Waals surface area contributed by atoms with Crippen LogP contribution < -0.4 is 15.4 Å². The first-order valence-corrected chi connectivity index (χ1v) is 7.64. The van der Waals surface area contributed by atoms with Crippen LogP contribution in [0.5, 0.6) is 5.75 Å². The zero-order valence-electron chi connectivity index (χ0n) is 12.0. The van der Waals surface area contributed by atoms with Crippen LogP contribution in [0.3, 0.4) is 0 Å². The van der Waals surface area contributed by atoms with Gasteiger partial charge in [0, 0.05) is 10.4 Å². The molecule has 0 fully saturated rings. The first-order chi connectivity index (χ1) is 10.1. The van der Waals surface area contributed by atoms with Gasteiger partial charge in [0.25, 0.3) is 0 Å². The second-order valence-corrected chi connectivity index (χ2v) is 6.26. The molecule has 0 radical (unpaired) electrons. The van der Waals surface area contributed by atoms with E-state index in [2.05, 4.69) is 15.6 Å². The zero-order valence-corrected chi connectivity index (χ0v) is 12.8. The number of para-hydroxylation sites is 1. The second-order valence-electron chi connectivity index (χ2n) is 4.97. The first-order valence-electron chi connectivity index (χ1n) is 6.82. The average Bonchev–Trinajstić information content (AvgIpc) is 3.00. The number of urea groups is 1. The van der Waals surface area contributed by atoms with Crippen LogP contribution in [-0.4, -0.2) is 17.6 Å². The van der Waals surface area contributed by atoms with Crippen LogP contribution in [0.15, 0.2) is 24.3 Å². The molecule has 0 spiro atoms. The highest BCUT2D eigenvalue weighted by Crippen LogP contribution is 2.31. The van der Waals surface area contributed by atoms with Gasteiger partial charge >= 0.3 is 6.03 Å². The Kier molecular flexibility index (Phi) is 3.79. The number of benzene rings is 1. The van der Waals surface area contributed by atoms with Gasteiger partial charge in [0.1, 0.15) is 12.4 Å². The van der Waals surface area contributed by atoms with Gasteiger partial charge in [0.15, 0.2) is 0 Å². The number of aromatic nitrogens is 1. The minimum Gasteiger partial charge on any atom is -0.491 e. The predicted molar refractivity (Wildman–Crippen MR) is 81.6 cm³/mol. The van der Waals surface area contributed by atoms with Gasteiger partial charge in [0.2, 0.25) is 0 Å². The minimum atomic E-state index is -0.189. The van der Waals surface area contributed by atoms with Crippen molar-refractivity contribution in [3.8, 4) is 5.75 Å². The molecule has 1 aliphatic rings. The summed E-state index contributed by atoms with van der Waals surface area (Å²) in [4.78, 5) is 17.4. The van der Waals surface area contributed by atoms with E-state index in [9.17, 15) is 4.79 Å². The third-order valence-corrected chi connectivity index (χ3v) is 4.49. The van der Waals surface area contributed by atoms with E-state index < -0.39 is 0 Å². The van der Waals surface area contributed by atoms with E-state index in [1.54, 1.807) is 11.3 Å². The normalized spacial score (nSPS) is 16.2. The van der Waals surface area contributed by atoms with Crippen LogP contribution in [0.25, 0.3) is 0 Å². The molecule has 0 saturated carbocycles. The Bertz CT molecular complexity index is 669. The molecule has 2 heterocycles. The lowest BCUT2D eigenvalue weighted by molar-refractivity contribution is 0.232. The minimum absolute atomic E-state index is 0.0921. The van der Waals surface area contributed by atoms with Gasteiger partial charge in [-0.3, -0.25) is 0 Å². The van der Waals surface area contributed by atoms with Crippen molar-refractivity contribution in [3.63, 3.8) is 0 Å². The largest absolute Gasteiger partial charge is 0.491 e. The molecule has 1 aliphatic heterocycles. The molecule has 0 aliphatic carbocycles. The number of hydrogen-bond donors (Lipinski definition) is 2. The summed E-state index contributed by atoms with van der Waals surface area (Å²) in [6.07, 6.45) is 0. The van der Waals surface area contributed by atoms with Crippen molar-refractivity contribution in [3.05, 3.63) is 45.4 Å². The Balaban J connectivity index is 1.57. The van der Waals surface area contributed by atoms with Gasteiger partial charge in [-0.1, -0.05) is 18.2 Å². The number of rotatable bonds is 3. The van der Waals surface area contributed by atoms with E-state index in [0.29, 0.717) is 13.2 Å². The molecule has 0 unspecified atom stereocenters. The van der Waals surface area contributed by atoms with Gasteiger partial charge in [0.05, 0.1) is 23.3 Å². The number of fused-ring (bicyclic) bond motifs is 1. The molecular formula is C15H17N3O2S. The molecule has 2 aromatic rings. The maximum Gasteiger partial charge on any atom is 0.315 e. The van der Waals surface area contributed by atoms with E-state index in [-0.39, 0.29) is 12.1 Å². The number of nitrogens with one attached hydrogen (secondary N) is 2. The molecule has 110 valence electrons. The molecule has 0 bridgehead atoms. The van der Waals surface area contributed by atoms with E-state index in [1.165, 1.54) is 0 Å². The molecule has 1 aromatic carbocycles. The lowest BCUT2D eigenvalue weighted by Gasteiger charge is -2.12. The number of carbonyl (C=O) groups excluding carboxylic acids is 1. The lowest BCUT2D eigenvalue weighted by atomic mass is 10.1. The summed E-state index contributed by atoms with van der Waals surface area (Å²) in [6.45, 7) is 4.90. The highest BCUT2D eigenvalue weighted by Gasteiger charge is 2.24. The molecule has 5 nitrogen and oxygen atoms in total. The molecule has 1 atom stereocenters. The Labute approximate surface area is 127 Å². The van der Waals surface area contributed by atoms with Crippen LogP contribution in [0.4, 0.5) is 4.79 Å². The zero-order chi connectivity index (χ0) is 14.8. The number of nitrogens with zero attached hydrogens (tertiary/aromatic N) is 1. The summed E-state index contributed by atoms with van der Waals surface area (Å²) in [5.41, 5.74) is 2.00. The highest BCUT2D eigenvalue weighted by molar-refractivity contribution is 7.11. The number of thiazole rings is 1. The smallest absolute Gasteiger partial charge is 0.315 e. The summed E-state index contributed by atoms with van der Waals surface area (Å²) in [5, 5.41) is 6.83. The van der Waals surface area contributed by atoms with Crippen molar-refractivity contribution >= 4 is 17.4 Å². The van der Waals surface area contributed by atoms with E-state index in [1.807, 2.05) is 38.1 Å². The third kappa shape index (κ3) is 3.00. The number of amides is 2. The van der Waals surface area contributed by atoms with Gasteiger partial charge in [-0.2, -0.15) is 0 Å². The SMILES string of the molecule is Cc1nc(C)c(CNC(=O)N[C@@H]2COc3ccccc32)s1. The summed E-state index contributed by atoms with van der Waals surface area (Å²) in [7, 11) is 0. The molecule has 6 heteroatoms. The monoisotopic (exact) mass is 303 g/mol. The van der Waals surface area contributed by atoms with Crippen LogP contribution in [0.2, 0.25) is 0 Å². The first kappa shape index (κ1) is 13.9. The maximum absolute atomic E-state index is 12.0. The van der Waals surface area contributed by atoms with Crippen molar-refractivity contribution in [1.29, 1.82) is 0 Å². The fourth-order valence-corrected chi connectivity index (χ4v) is 3.27. The molecule has 3 rings (SSSR count). The predicted octanol–water partition coefficient (Wildman–Crippen LogP) is 2.69. The lowest BCUT2D eigenvalue weighted by Crippen LogP contribution is -2.38. The highest BCUT2D eigenvalue weighted by atomic mass is 32.1. The van der Waals surface area contributed by atoms with E-state index >= 15 is 0 Å². The molecule has 2 N–H and O–H groups in total. The summed E-state index contributed by atoms with van der Waals surface area (Å²) < 4.78 is 5.55. The molecule has 1 aromatic heterocycles. The van der Waals surface area contributed by atoms with Crippen molar-refractivity contribution in [1.82, 2.24) is 15.6 Å². The topological polar surface area (TPSA) is 63.2 Å². The van der Waals surface area contributed by atoms with Gasteiger partial charge < -0.3 is 15.4 Å². The van der Waals surface area contributed by atoms with E-state index in [0.717, 1.165) is 26.9 Å². The Hall–Kier alpha value is -2.08. The van der Waals surface area contributed by atoms with Crippen molar-refractivity contribution in [2.75, 3.05) is 6.61 Å². The van der Waals surface area contributed by atoms with Crippen LogP contribution in [0.1, 0.15) is 27.2 Å². The van der Waals surface area contributed by atoms with Crippen molar-refractivity contribution in [2.24, 2.45) is 0 Å². The number of carbonyl (C=O) groups is 1. The molecule has 0 saturated heterocycles. The fraction of sp³-hybridized carbons (Fsp3) is 0.333. The summed E-state index contributed by atoms with van der Waals surface area (Å²) in [6, 6.07) is 7.48. The van der Waals surface area contributed by atoms with Crippen LogP contribution >= 0.6 is 11.3 Å². The van der Waals surface area contributed by atoms with Gasteiger partial charge in [-0.05, 0) is 19.9 Å². The number of aryl methyl sites for hydroxylation is 2. The van der Waals surface area contributed by atoms with E-state index in [4.69, 9.17) is 4.74 Å². The van der Waals surface area contributed by atoms with Crippen LogP contribution in [0, 0.1) is 13.8 Å². The van der Waals surface area contributed by atoms with Gasteiger partial charge in [-0.25, -0.2) is 9.78 Å². The molecular weight excluding hydrogens is 286 g/mol. The summed E-state index contributed by atoms with van der Waals surface area (Å²) >= 11 is 1.61. The molecule has 21 heavy (non-hydrogen) atoms.